The quantitative estimate of drug-likeness (QED) is 0.384. The second-order valence-electron chi connectivity index (χ2n) is 5.86. The zero-order chi connectivity index (χ0) is 18.8. The van der Waals surface area contributed by atoms with Crippen molar-refractivity contribution < 1.29 is 14.3 Å². The molecule has 0 aliphatic rings. The molecule has 0 amide bonds. The first kappa shape index (κ1) is 19.5. The summed E-state index contributed by atoms with van der Waals surface area (Å²) in [5, 5.41) is 3.72. The zero-order valence-corrected chi connectivity index (χ0v) is 15.9. The van der Waals surface area contributed by atoms with Gasteiger partial charge in [-0.25, -0.2) is 0 Å². The molecular formula is C21H26N2O3. The molecule has 5 heteroatoms. The summed E-state index contributed by atoms with van der Waals surface area (Å²) in [6.07, 6.45) is 8.09. The van der Waals surface area contributed by atoms with Gasteiger partial charge in [0.15, 0.2) is 0 Å². The summed E-state index contributed by atoms with van der Waals surface area (Å²) in [6, 6.07) is 7.94. The van der Waals surface area contributed by atoms with Crippen molar-refractivity contribution >= 4 is 6.21 Å². The number of ether oxygens (including phenoxy) is 2. The van der Waals surface area contributed by atoms with E-state index in [0.717, 1.165) is 40.3 Å². The van der Waals surface area contributed by atoms with Gasteiger partial charge >= 0.3 is 0 Å². The SMILES string of the molecule is C/C=C/COc1cc(C)c(OCCc2ccc(C=NOC)cn2)c(C)c1. The van der Waals surface area contributed by atoms with Gasteiger partial charge in [-0.05, 0) is 56.2 Å². The van der Waals surface area contributed by atoms with E-state index in [0.29, 0.717) is 13.2 Å². The summed E-state index contributed by atoms with van der Waals surface area (Å²) in [4.78, 5) is 9.07. The maximum Gasteiger partial charge on any atom is 0.125 e. The van der Waals surface area contributed by atoms with E-state index in [1.54, 1.807) is 12.4 Å². The molecule has 5 nitrogen and oxygen atoms in total. The lowest BCUT2D eigenvalue weighted by atomic mass is 10.1. The molecule has 0 aliphatic carbocycles. The number of hydrogen-bond acceptors (Lipinski definition) is 5. The highest BCUT2D eigenvalue weighted by molar-refractivity contribution is 5.78. The largest absolute Gasteiger partial charge is 0.493 e. The Morgan fingerprint density at radius 3 is 2.50 bits per heavy atom. The first-order valence-corrected chi connectivity index (χ1v) is 8.63. The van der Waals surface area contributed by atoms with E-state index in [4.69, 9.17) is 9.47 Å². The lowest BCUT2D eigenvalue weighted by Crippen LogP contribution is -2.06. The van der Waals surface area contributed by atoms with Gasteiger partial charge in [-0.2, -0.15) is 0 Å². The third kappa shape index (κ3) is 5.92. The number of benzene rings is 1. The van der Waals surface area contributed by atoms with Gasteiger partial charge in [-0.15, -0.1) is 0 Å². The van der Waals surface area contributed by atoms with Crippen molar-refractivity contribution in [3.05, 3.63) is 65.0 Å². The van der Waals surface area contributed by atoms with Crippen LogP contribution >= 0.6 is 0 Å². The van der Waals surface area contributed by atoms with Crippen LogP contribution in [0.4, 0.5) is 0 Å². The molecule has 0 saturated heterocycles. The minimum Gasteiger partial charge on any atom is -0.493 e. The molecule has 0 atom stereocenters. The van der Waals surface area contributed by atoms with Crippen LogP contribution in [-0.4, -0.2) is 31.5 Å². The predicted octanol–water partition coefficient (Wildman–Crippen LogP) is 4.26. The topological polar surface area (TPSA) is 52.9 Å². The predicted molar refractivity (Wildman–Crippen MR) is 104 cm³/mol. The number of aromatic nitrogens is 1. The minimum atomic E-state index is 0.568. The van der Waals surface area contributed by atoms with Crippen LogP contribution in [-0.2, 0) is 11.3 Å². The molecule has 0 spiro atoms. The monoisotopic (exact) mass is 354 g/mol. The second-order valence-corrected chi connectivity index (χ2v) is 5.86. The Morgan fingerprint density at radius 2 is 1.88 bits per heavy atom. The fraction of sp³-hybridized carbons (Fsp3) is 0.333. The van der Waals surface area contributed by atoms with Gasteiger partial charge in [0.05, 0.1) is 12.8 Å². The van der Waals surface area contributed by atoms with Gasteiger partial charge in [0.1, 0.15) is 25.2 Å². The Morgan fingerprint density at radius 1 is 1.12 bits per heavy atom. The average molecular weight is 354 g/mol. The molecule has 26 heavy (non-hydrogen) atoms. The highest BCUT2D eigenvalue weighted by atomic mass is 16.6. The molecule has 0 fully saturated rings. The van der Waals surface area contributed by atoms with E-state index in [1.165, 1.54) is 7.11 Å². The van der Waals surface area contributed by atoms with Gasteiger partial charge in [0.2, 0.25) is 0 Å². The summed E-state index contributed by atoms with van der Waals surface area (Å²) in [5.74, 6) is 1.77. The number of rotatable bonds is 9. The number of nitrogens with zero attached hydrogens (tertiary/aromatic N) is 2. The van der Waals surface area contributed by atoms with Crippen molar-refractivity contribution in [2.45, 2.75) is 27.2 Å². The fourth-order valence-electron chi connectivity index (χ4n) is 2.49. The first-order valence-electron chi connectivity index (χ1n) is 8.63. The van der Waals surface area contributed by atoms with Crippen LogP contribution in [0.5, 0.6) is 11.5 Å². The lowest BCUT2D eigenvalue weighted by molar-refractivity contribution is 0.215. The lowest BCUT2D eigenvalue weighted by Gasteiger charge is -2.14. The molecule has 138 valence electrons. The van der Waals surface area contributed by atoms with Gasteiger partial charge in [-0.1, -0.05) is 17.3 Å². The van der Waals surface area contributed by atoms with Crippen LogP contribution < -0.4 is 9.47 Å². The molecule has 0 aliphatic heterocycles. The van der Waals surface area contributed by atoms with Crippen LogP contribution in [0.25, 0.3) is 0 Å². The van der Waals surface area contributed by atoms with E-state index in [9.17, 15) is 0 Å². The van der Waals surface area contributed by atoms with Crippen molar-refractivity contribution in [3.63, 3.8) is 0 Å². The van der Waals surface area contributed by atoms with E-state index in [-0.39, 0.29) is 0 Å². The van der Waals surface area contributed by atoms with Crippen LogP contribution in [0.2, 0.25) is 0 Å². The maximum absolute atomic E-state index is 5.99. The molecule has 1 aromatic heterocycles. The van der Waals surface area contributed by atoms with Crippen LogP contribution in [0.1, 0.15) is 29.3 Å². The van der Waals surface area contributed by atoms with Gasteiger partial charge in [0, 0.05) is 23.9 Å². The zero-order valence-electron chi connectivity index (χ0n) is 15.9. The summed E-state index contributed by atoms with van der Waals surface area (Å²) in [7, 11) is 1.51. The number of aryl methyl sites for hydroxylation is 2. The van der Waals surface area contributed by atoms with Crippen LogP contribution in [0.15, 0.2) is 47.8 Å². The summed E-state index contributed by atoms with van der Waals surface area (Å²) >= 11 is 0. The number of allylic oxidation sites excluding steroid dienone is 1. The summed E-state index contributed by atoms with van der Waals surface area (Å²) < 4.78 is 11.7. The minimum absolute atomic E-state index is 0.568. The molecule has 0 unspecified atom stereocenters. The van der Waals surface area contributed by atoms with Gasteiger partial charge < -0.3 is 14.3 Å². The smallest absolute Gasteiger partial charge is 0.125 e. The first-order chi connectivity index (χ1) is 12.6. The molecule has 0 saturated carbocycles. The van der Waals surface area contributed by atoms with Crippen molar-refractivity contribution in [2.75, 3.05) is 20.3 Å². The maximum atomic E-state index is 5.99. The van der Waals surface area contributed by atoms with Gasteiger partial charge in [-0.3, -0.25) is 4.98 Å². The Balaban J connectivity index is 1.91. The third-order valence-corrected chi connectivity index (χ3v) is 3.78. The normalized spacial score (nSPS) is 11.2. The Labute approximate surface area is 155 Å². The summed E-state index contributed by atoms with van der Waals surface area (Å²) in [5.41, 5.74) is 4.01. The van der Waals surface area contributed by atoms with Crippen molar-refractivity contribution in [3.8, 4) is 11.5 Å². The Kier molecular flexibility index (Phi) is 7.68. The number of pyridine rings is 1. The molecule has 1 aromatic carbocycles. The molecule has 0 bridgehead atoms. The molecule has 1 heterocycles. The van der Waals surface area contributed by atoms with E-state index in [2.05, 4.69) is 15.0 Å². The molecular weight excluding hydrogens is 328 g/mol. The van der Waals surface area contributed by atoms with E-state index < -0.39 is 0 Å². The van der Waals surface area contributed by atoms with E-state index in [1.807, 2.05) is 57.2 Å². The van der Waals surface area contributed by atoms with E-state index >= 15 is 0 Å². The van der Waals surface area contributed by atoms with Crippen molar-refractivity contribution in [1.29, 1.82) is 0 Å². The third-order valence-electron chi connectivity index (χ3n) is 3.78. The highest BCUT2D eigenvalue weighted by Gasteiger charge is 2.07. The van der Waals surface area contributed by atoms with Crippen LogP contribution in [0, 0.1) is 13.8 Å². The second kappa shape index (κ2) is 10.2. The molecule has 2 rings (SSSR count). The number of oxime groups is 1. The molecule has 2 aromatic rings. The molecule has 0 radical (unpaired) electrons. The van der Waals surface area contributed by atoms with Crippen molar-refractivity contribution in [2.24, 2.45) is 5.16 Å². The Hall–Kier alpha value is -2.82. The average Bonchev–Trinajstić information content (AvgIpc) is 2.63. The fourth-order valence-corrected chi connectivity index (χ4v) is 2.49. The molecule has 0 N–H and O–H groups in total. The highest BCUT2D eigenvalue weighted by Crippen LogP contribution is 2.28. The summed E-state index contributed by atoms with van der Waals surface area (Å²) in [6.45, 7) is 7.19. The van der Waals surface area contributed by atoms with Gasteiger partial charge in [0.25, 0.3) is 0 Å². The standard InChI is InChI=1S/C21H26N2O3/c1-5-6-10-25-20-12-16(2)21(17(3)13-20)26-11-9-19-8-7-18(14-22-19)15-23-24-4/h5-8,12-15H,9-11H2,1-4H3/b6-5+,23-15?. The Bertz CT molecular complexity index is 729. The van der Waals surface area contributed by atoms with Crippen LogP contribution in [0.3, 0.4) is 0 Å². The van der Waals surface area contributed by atoms with Crippen molar-refractivity contribution in [1.82, 2.24) is 4.98 Å². The number of hydrogen-bond donors (Lipinski definition) is 0.